The van der Waals surface area contributed by atoms with Gasteiger partial charge in [0, 0.05) is 25.0 Å². The number of aryl methyl sites for hydroxylation is 1. The standard InChI is InChI=1S/C24H23N5O2/c1-14-18-7-6-15-4-5-16(17-11-26-13-27-12-17)10-20(15)24(19(18)8-9-21(14)31-3)22(30)29(2)23(25)28-24/h4-5,8-13H,6-7H2,1-3H3,(H2,25,28). The molecule has 0 radical (unpaired) electrons. The predicted octanol–water partition coefficient (Wildman–Crippen LogP) is 2.59. The number of rotatable bonds is 2. The van der Waals surface area contributed by atoms with Crippen molar-refractivity contribution in [3.8, 4) is 16.9 Å². The first-order valence-corrected chi connectivity index (χ1v) is 10.2. The minimum absolute atomic E-state index is 0.152. The number of guanidine groups is 1. The lowest BCUT2D eigenvalue weighted by Crippen LogP contribution is -2.41. The molecule has 1 aliphatic carbocycles. The van der Waals surface area contributed by atoms with Gasteiger partial charge in [0.05, 0.1) is 7.11 Å². The van der Waals surface area contributed by atoms with E-state index in [1.54, 1.807) is 26.6 Å². The van der Waals surface area contributed by atoms with E-state index in [0.29, 0.717) is 0 Å². The normalized spacial score (nSPS) is 19.6. The Balaban J connectivity index is 1.84. The van der Waals surface area contributed by atoms with Crippen molar-refractivity contribution in [1.82, 2.24) is 14.9 Å². The van der Waals surface area contributed by atoms with Crippen LogP contribution < -0.4 is 10.5 Å². The van der Waals surface area contributed by atoms with Gasteiger partial charge in [0.25, 0.3) is 5.91 Å². The molecule has 2 aromatic carbocycles. The maximum atomic E-state index is 13.8. The summed E-state index contributed by atoms with van der Waals surface area (Å²) in [7, 11) is 3.33. The van der Waals surface area contributed by atoms with E-state index in [0.717, 1.165) is 57.5 Å². The Labute approximate surface area is 180 Å². The number of amides is 1. The summed E-state index contributed by atoms with van der Waals surface area (Å²) < 4.78 is 5.56. The van der Waals surface area contributed by atoms with Crippen molar-refractivity contribution in [3.05, 3.63) is 76.9 Å². The lowest BCUT2D eigenvalue weighted by molar-refractivity contribution is -0.129. The first-order chi connectivity index (χ1) is 15.0. The van der Waals surface area contributed by atoms with E-state index < -0.39 is 5.54 Å². The van der Waals surface area contributed by atoms with Crippen molar-refractivity contribution >= 4 is 11.9 Å². The molecule has 0 saturated carbocycles. The Morgan fingerprint density at radius 2 is 1.84 bits per heavy atom. The summed E-state index contributed by atoms with van der Waals surface area (Å²) in [5.74, 6) is 0.865. The van der Waals surface area contributed by atoms with E-state index in [1.807, 2.05) is 31.2 Å². The van der Waals surface area contributed by atoms with E-state index in [2.05, 4.69) is 16.0 Å². The van der Waals surface area contributed by atoms with E-state index in [4.69, 9.17) is 15.5 Å². The molecule has 3 aromatic rings. The quantitative estimate of drug-likeness (QED) is 0.697. The highest BCUT2D eigenvalue weighted by atomic mass is 16.5. The zero-order valence-electron chi connectivity index (χ0n) is 17.7. The van der Waals surface area contributed by atoms with Gasteiger partial charge in [-0.15, -0.1) is 0 Å². The van der Waals surface area contributed by atoms with Gasteiger partial charge in [-0.1, -0.05) is 18.2 Å². The summed E-state index contributed by atoms with van der Waals surface area (Å²) >= 11 is 0. The second-order valence-electron chi connectivity index (χ2n) is 7.96. The van der Waals surface area contributed by atoms with Gasteiger partial charge in [-0.3, -0.25) is 9.69 Å². The summed E-state index contributed by atoms with van der Waals surface area (Å²) in [6.45, 7) is 2.03. The zero-order valence-corrected chi connectivity index (χ0v) is 17.7. The lowest BCUT2D eigenvalue weighted by Gasteiger charge is -2.29. The second-order valence-corrected chi connectivity index (χ2v) is 7.96. The van der Waals surface area contributed by atoms with Crippen LogP contribution in [0.4, 0.5) is 0 Å². The highest BCUT2D eigenvalue weighted by molar-refractivity contribution is 6.09. The van der Waals surface area contributed by atoms with Gasteiger partial charge in [0.1, 0.15) is 12.1 Å². The maximum absolute atomic E-state index is 13.8. The number of fused-ring (bicyclic) bond motifs is 4. The fourth-order valence-corrected chi connectivity index (χ4v) is 4.77. The molecule has 2 N–H and O–H groups in total. The van der Waals surface area contributed by atoms with Gasteiger partial charge in [-0.2, -0.15) is 0 Å². The van der Waals surface area contributed by atoms with E-state index in [1.165, 1.54) is 11.2 Å². The number of hydrogen-bond acceptors (Lipinski definition) is 6. The Hall–Kier alpha value is -3.74. The van der Waals surface area contributed by atoms with Gasteiger partial charge in [0.2, 0.25) is 0 Å². The SMILES string of the molecule is COc1ccc2c(c1C)CCc1ccc(-c3cncnc3)cc1C21N=C(N)N(C)C1=O. The third kappa shape index (κ3) is 2.66. The van der Waals surface area contributed by atoms with Crippen LogP contribution in [0.25, 0.3) is 11.1 Å². The number of carbonyl (C=O) groups excluding carboxylic acids is 1. The van der Waals surface area contributed by atoms with Crippen molar-refractivity contribution in [3.63, 3.8) is 0 Å². The zero-order chi connectivity index (χ0) is 21.8. The van der Waals surface area contributed by atoms with Gasteiger partial charge < -0.3 is 10.5 Å². The second kappa shape index (κ2) is 6.91. The molecule has 1 aliphatic heterocycles. The van der Waals surface area contributed by atoms with Crippen LogP contribution in [0.2, 0.25) is 0 Å². The molecule has 0 fully saturated rings. The molecule has 0 bridgehead atoms. The predicted molar refractivity (Wildman–Crippen MR) is 118 cm³/mol. The Morgan fingerprint density at radius 3 is 2.52 bits per heavy atom. The van der Waals surface area contributed by atoms with Crippen molar-refractivity contribution in [1.29, 1.82) is 0 Å². The fourth-order valence-electron chi connectivity index (χ4n) is 4.77. The molecule has 2 aliphatic rings. The van der Waals surface area contributed by atoms with Crippen LogP contribution in [0.5, 0.6) is 5.75 Å². The van der Waals surface area contributed by atoms with Gasteiger partial charge >= 0.3 is 0 Å². The minimum Gasteiger partial charge on any atom is -0.496 e. The number of ether oxygens (including phenoxy) is 1. The highest BCUT2D eigenvalue weighted by Gasteiger charge is 2.52. The fraction of sp³-hybridized carbons (Fsp3) is 0.250. The summed E-state index contributed by atoms with van der Waals surface area (Å²) in [6, 6.07) is 10.0. The van der Waals surface area contributed by atoms with Crippen LogP contribution in [0.15, 0.2) is 54.0 Å². The molecule has 1 amide bonds. The highest BCUT2D eigenvalue weighted by Crippen LogP contribution is 2.47. The lowest BCUT2D eigenvalue weighted by atomic mass is 9.78. The average molecular weight is 413 g/mol. The smallest absolute Gasteiger partial charge is 0.266 e. The van der Waals surface area contributed by atoms with Gasteiger partial charge in [-0.25, -0.2) is 15.0 Å². The number of aliphatic imine (C=N–C) groups is 1. The molecule has 7 nitrogen and oxygen atoms in total. The first-order valence-electron chi connectivity index (χ1n) is 10.2. The molecule has 156 valence electrons. The first kappa shape index (κ1) is 19.2. The molecule has 1 atom stereocenters. The third-order valence-corrected chi connectivity index (χ3v) is 6.44. The summed E-state index contributed by atoms with van der Waals surface area (Å²) in [5, 5.41) is 0. The molecule has 7 heteroatoms. The Morgan fingerprint density at radius 1 is 1.06 bits per heavy atom. The monoisotopic (exact) mass is 413 g/mol. The summed E-state index contributed by atoms with van der Waals surface area (Å²) in [6.07, 6.45) is 6.60. The molecule has 1 aromatic heterocycles. The van der Waals surface area contributed by atoms with Crippen LogP contribution in [0, 0.1) is 6.92 Å². The Kier molecular flexibility index (Phi) is 4.28. The molecule has 5 rings (SSSR count). The molecular weight excluding hydrogens is 390 g/mol. The van der Waals surface area contributed by atoms with E-state index in [-0.39, 0.29) is 11.9 Å². The minimum atomic E-state index is -1.22. The average Bonchev–Trinajstić information content (AvgIpc) is 2.94. The number of likely N-dealkylation sites (N-methyl/N-ethyl adjacent to an activating group) is 1. The van der Waals surface area contributed by atoms with Gasteiger partial charge in [0.15, 0.2) is 11.5 Å². The number of methoxy groups -OCH3 is 1. The molecule has 0 saturated heterocycles. The van der Waals surface area contributed by atoms with E-state index >= 15 is 0 Å². The van der Waals surface area contributed by atoms with Crippen LogP contribution in [-0.2, 0) is 23.2 Å². The Bertz CT molecular complexity index is 1240. The largest absolute Gasteiger partial charge is 0.496 e. The molecule has 1 spiro atoms. The topological polar surface area (TPSA) is 93.7 Å². The number of aromatic nitrogens is 2. The van der Waals surface area contributed by atoms with Crippen molar-refractivity contribution in [2.75, 3.05) is 14.2 Å². The summed E-state index contributed by atoms with van der Waals surface area (Å²) in [4.78, 5) is 28.3. The van der Waals surface area contributed by atoms with Crippen LogP contribution >= 0.6 is 0 Å². The summed E-state index contributed by atoms with van der Waals surface area (Å²) in [5.41, 5.74) is 11.7. The number of carbonyl (C=O) groups is 1. The van der Waals surface area contributed by atoms with Crippen LogP contribution in [0.1, 0.15) is 27.8 Å². The molecule has 1 unspecified atom stereocenters. The third-order valence-electron chi connectivity index (χ3n) is 6.44. The number of nitrogens with two attached hydrogens (primary N) is 1. The van der Waals surface area contributed by atoms with Gasteiger partial charge in [-0.05, 0) is 65.3 Å². The molecule has 31 heavy (non-hydrogen) atoms. The van der Waals surface area contributed by atoms with Crippen molar-refractivity contribution < 1.29 is 9.53 Å². The van der Waals surface area contributed by atoms with Crippen molar-refractivity contribution in [2.45, 2.75) is 25.3 Å². The van der Waals surface area contributed by atoms with Crippen LogP contribution in [0.3, 0.4) is 0 Å². The number of benzene rings is 2. The van der Waals surface area contributed by atoms with Crippen molar-refractivity contribution in [2.24, 2.45) is 10.7 Å². The van der Waals surface area contributed by atoms with Crippen LogP contribution in [-0.4, -0.2) is 40.9 Å². The molecule has 2 heterocycles. The number of nitrogens with zero attached hydrogens (tertiary/aromatic N) is 4. The maximum Gasteiger partial charge on any atom is 0.266 e. The van der Waals surface area contributed by atoms with E-state index in [9.17, 15) is 4.79 Å². The number of hydrogen-bond donors (Lipinski definition) is 1. The molecular formula is C24H23N5O2.